The molecule has 0 unspecified atom stereocenters. The predicted molar refractivity (Wildman–Crippen MR) is 63.2 cm³/mol. The number of hydroxylamine groups is 1. The third kappa shape index (κ3) is 3.06. The number of H-pyrrole nitrogens is 1. The summed E-state index contributed by atoms with van der Waals surface area (Å²) < 4.78 is 0. The molecule has 0 atom stereocenters. The molecule has 1 aliphatic carbocycles. The Morgan fingerprint density at radius 2 is 2.18 bits per heavy atom. The topological polar surface area (TPSA) is 67.0 Å². The summed E-state index contributed by atoms with van der Waals surface area (Å²) in [5.74, 6) is -0.107. The molecule has 1 aromatic heterocycles. The maximum Gasteiger partial charge on any atom is 0.248 e. The van der Waals surface area contributed by atoms with Crippen LogP contribution in [0.2, 0.25) is 0 Å². The second-order valence-corrected chi connectivity index (χ2v) is 4.64. The lowest BCUT2D eigenvalue weighted by Gasteiger charge is -2.11. The van der Waals surface area contributed by atoms with Gasteiger partial charge in [-0.1, -0.05) is 12.8 Å². The number of carbonyl (C=O) groups is 1. The zero-order valence-electron chi connectivity index (χ0n) is 10.4. The van der Waals surface area contributed by atoms with Crippen molar-refractivity contribution in [1.82, 2.24) is 15.7 Å². The minimum atomic E-state index is -0.107. The molecular formula is C12H19N3O2. The van der Waals surface area contributed by atoms with Crippen molar-refractivity contribution in [2.45, 2.75) is 52.1 Å². The molecule has 0 bridgehead atoms. The minimum absolute atomic E-state index is 0.107. The largest absolute Gasteiger partial charge is 0.282 e. The number of aromatic amines is 1. The lowest BCUT2D eigenvalue weighted by atomic mass is 10.1. The SMILES string of the molecule is Cc1n[nH]c(C)c1CC(=O)NOC1CCCC1. The first-order valence-electron chi connectivity index (χ1n) is 6.11. The summed E-state index contributed by atoms with van der Waals surface area (Å²) in [6.45, 7) is 3.81. The number of hydrogen-bond donors (Lipinski definition) is 2. The van der Waals surface area contributed by atoms with E-state index in [4.69, 9.17) is 4.84 Å². The Morgan fingerprint density at radius 3 is 2.76 bits per heavy atom. The van der Waals surface area contributed by atoms with Crippen LogP contribution in [0, 0.1) is 13.8 Å². The monoisotopic (exact) mass is 237 g/mol. The van der Waals surface area contributed by atoms with E-state index in [1.54, 1.807) is 0 Å². The van der Waals surface area contributed by atoms with Crippen molar-refractivity contribution in [2.24, 2.45) is 0 Å². The fraction of sp³-hybridized carbons (Fsp3) is 0.667. The van der Waals surface area contributed by atoms with Gasteiger partial charge in [-0.15, -0.1) is 0 Å². The zero-order chi connectivity index (χ0) is 12.3. The van der Waals surface area contributed by atoms with Crippen LogP contribution in [-0.2, 0) is 16.1 Å². The highest BCUT2D eigenvalue weighted by Gasteiger charge is 2.17. The maximum absolute atomic E-state index is 11.7. The Balaban J connectivity index is 1.80. The summed E-state index contributed by atoms with van der Waals surface area (Å²) in [5.41, 5.74) is 5.31. The average Bonchev–Trinajstić information content (AvgIpc) is 2.91. The van der Waals surface area contributed by atoms with Gasteiger partial charge in [-0.25, -0.2) is 5.48 Å². The summed E-state index contributed by atoms with van der Waals surface area (Å²) >= 11 is 0. The van der Waals surface area contributed by atoms with Gasteiger partial charge in [0, 0.05) is 11.3 Å². The summed E-state index contributed by atoms with van der Waals surface area (Å²) in [4.78, 5) is 17.1. The molecule has 0 spiro atoms. The average molecular weight is 237 g/mol. The molecule has 0 aliphatic heterocycles. The highest BCUT2D eigenvalue weighted by atomic mass is 16.7. The van der Waals surface area contributed by atoms with Gasteiger partial charge in [-0.05, 0) is 26.7 Å². The quantitative estimate of drug-likeness (QED) is 0.781. The summed E-state index contributed by atoms with van der Waals surface area (Å²) in [5, 5.41) is 6.93. The summed E-state index contributed by atoms with van der Waals surface area (Å²) in [7, 11) is 0. The fourth-order valence-electron chi connectivity index (χ4n) is 2.19. The van der Waals surface area contributed by atoms with Crippen LogP contribution >= 0.6 is 0 Å². The molecule has 1 fully saturated rings. The molecular weight excluding hydrogens is 218 g/mol. The lowest BCUT2D eigenvalue weighted by molar-refractivity contribution is -0.137. The van der Waals surface area contributed by atoms with Crippen molar-refractivity contribution >= 4 is 5.91 Å². The van der Waals surface area contributed by atoms with E-state index in [1.165, 1.54) is 12.8 Å². The molecule has 94 valence electrons. The molecule has 17 heavy (non-hydrogen) atoms. The first kappa shape index (κ1) is 12.1. The van der Waals surface area contributed by atoms with Gasteiger partial charge in [0.15, 0.2) is 0 Å². The molecule has 5 nitrogen and oxygen atoms in total. The second kappa shape index (κ2) is 5.31. The van der Waals surface area contributed by atoms with E-state index in [-0.39, 0.29) is 12.0 Å². The zero-order valence-corrected chi connectivity index (χ0v) is 10.4. The Kier molecular flexibility index (Phi) is 3.78. The Labute approximate surface area is 101 Å². The minimum Gasteiger partial charge on any atom is -0.282 e. The van der Waals surface area contributed by atoms with Gasteiger partial charge < -0.3 is 0 Å². The summed E-state index contributed by atoms with van der Waals surface area (Å²) in [6, 6.07) is 0. The van der Waals surface area contributed by atoms with Crippen LogP contribution in [0.3, 0.4) is 0 Å². The van der Waals surface area contributed by atoms with Crippen molar-refractivity contribution in [3.05, 3.63) is 17.0 Å². The van der Waals surface area contributed by atoms with Crippen LogP contribution < -0.4 is 5.48 Å². The Bertz CT molecular complexity index is 375. The molecule has 2 N–H and O–H groups in total. The molecule has 0 aromatic carbocycles. The van der Waals surface area contributed by atoms with Crippen LogP contribution in [0.25, 0.3) is 0 Å². The van der Waals surface area contributed by atoms with Crippen molar-refractivity contribution < 1.29 is 9.63 Å². The highest BCUT2D eigenvalue weighted by molar-refractivity contribution is 5.78. The summed E-state index contributed by atoms with van der Waals surface area (Å²) in [6.07, 6.45) is 5.00. The molecule has 1 saturated carbocycles. The van der Waals surface area contributed by atoms with Crippen LogP contribution in [0.1, 0.15) is 42.6 Å². The van der Waals surface area contributed by atoms with Crippen molar-refractivity contribution in [1.29, 1.82) is 0 Å². The predicted octanol–water partition coefficient (Wildman–Crippen LogP) is 1.56. The van der Waals surface area contributed by atoms with Gasteiger partial charge in [0.2, 0.25) is 5.91 Å². The van der Waals surface area contributed by atoms with Crippen LogP contribution in [0.4, 0.5) is 0 Å². The number of nitrogens with zero attached hydrogens (tertiary/aromatic N) is 1. The molecule has 5 heteroatoms. The van der Waals surface area contributed by atoms with E-state index in [9.17, 15) is 4.79 Å². The molecule has 1 aliphatic rings. The number of aryl methyl sites for hydroxylation is 2. The number of hydrogen-bond acceptors (Lipinski definition) is 3. The second-order valence-electron chi connectivity index (χ2n) is 4.64. The smallest absolute Gasteiger partial charge is 0.248 e. The number of amides is 1. The van der Waals surface area contributed by atoms with E-state index >= 15 is 0 Å². The normalized spacial score (nSPS) is 16.4. The van der Waals surface area contributed by atoms with Crippen molar-refractivity contribution in [3.8, 4) is 0 Å². The maximum atomic E-state index is 11.7. The van der Waals surface area contributed by atoms with Gasteiger partial charge in [0.1, 0.15) is 0 Å². The van der Waals surface area contributed by atoms with Crippen molar-refractivity contribution in [2.75, 3.05) is 0 Å². The van der Waals surface area contributed by atoms with Crippen LogP contribution in [-0.4, -0.2) is 22.2 Å². The molecule has 1 amide bonds. The van der Waals surface area contributed by atoms with Gasteiger partial charge in [-0.2, -0.15) is 5.10 Å². The molecule has 0 saturated heterocycles. The molecule has 2 rings (SSSR count). The van der Waals surface area contributed by atoms with Crippen LogP contribution in [0.15, 0.2) is 0 Å². The number of rotatable bonds is 4. The van der Waals surface area contributed by atoms with Crippen LogP contribution in [0.5, 0.6) is 0 Å². The fourth-order valence-corrected chi connectivity index (χ4v) is 2.19. The standard InChI is InChI=1S/C12H19N3O2/c1-8-11(9(2)14-13-8)7-12(16)15-17-10-5-3-4-6-10/h10H,3-7H2,1-2H3,(H,13,14)(H,15,16). The molecule has 1 aromatic rings. The van der Waals surface area contributed by atoms with Gasteiger partial charge in [0.05, 0.1) is 18.2 Å². The molecule has 0 radical (unpaired) electrons. The van der Waals surface area contributed by atoms with E-state index in [0.717, 1.165) is 29.8 Å². The number of aromatic nitrogens is 2. The Hall–Kier alpha value is -1.36. The lowest BCUT2D eigenvalue weighted by Crippen LogP contribution is -2.29. The van der Waals surface area contributed by atoms with E-state index in [1.807, 2.05) is 13.8 Å². The number of carbonyl (C=O) groups excluding carboxylic acids is 1. The number of nitrogens with one attached hydrogen (secondary N) is 2. The third-order valence-corrected chi connectivity index (χ3v) is 3.26. The van der Waals surface area contributed by atoms with Gasteiger partial charge in [0.25, 0.3) is 0 Å². The molecule has 1 heterocycles. The first-order chi connectivity index (χ1) is 8.16. The van der Waals surface area contributed by atoms with E-state index < -0.39 is 0 Å². The van der Waals surface area contributed by atoms with Gasteiger partial charge >= 0.3 is 0 Å². The van der Waals surface area contributed by atoms with Gasteiger partial charge in [-0.3, -0.25) is 14.7 Å². The Morgan fingerprint density at radius 1 is 1.47 bits per heavy atom. The first-order valence-corrected chi connectivity index (χ1v) is 6.11. The highest BCUT2D eigenvalue weighted by Crippen LogP contribution is 2.20. The van der Waals surface area contributed by atoms with E-state index in [0.29, 0.717) is 6.42 Å². The van der Waals surface area contributed by atoms with Crippen molar-refractivity contribution in [3.63, 3.8) is 0 Å². The van der Waals surface area contributed by atoms with E-state index in [2.05, 4.69) is 15.7 Å². The third-order valence-electron chi connectivity index (χ3n) is 3.26.